The molecule has 0 aromatic carbocycles. The maximum Gasteiger partial charge on any atom is 0.329 e. The molecule has 0 rings (SSSR count). The second-order valence-electron chi connectivity index (χ2n) is 8.89. The van der Waals surface area contributed by atoms with E-state index in [1.807, 2.05) is 0 Å². The van der Waals surface area contributed by atoms with Crippen molar-refractivity contribution in [1.82, 2.24) is 0 Å². The SMILES string of the molecule is COC(=O)/C(=C/C(=O)O)[Si](C(C)(C)C)(C(C)(C)C)C(C)(C)C. The predicted octanol–water partition coefficient (Wildman–Crippen LogP) is 4.56. The lowest BCUT2D eigenvalue weighted by atomic mass is 10.2. The molecule has 5 heteroatoms. The van der Waals surface area contributed by atoms with Gasteiger partial charge in [-0.25, -0.2) is 9.59 Å². The third-order valence-electron chi connectivity index (χ3n) is 4.45. The molecule has 1 N–H and O–H groups in total. The Morgan fingerprint density at radius 3 is 1.36 bits per heavy atom. The van der Waals surface area contributed by atoms with Gasteiger partial charge in [-0.1, -0.05) is 62.3 Å². The molecule has 4 nitrogen and oxygen atoms in total. The summed E-state index contributed by atoms with van der Waals surface area (Å²) in [7, 11) is -1.36. The highest BCUT2D eigenvalue weighted by Crippen LogP contribution is 2.65. The standard InChI is InChI=1S/C17H32O4Si/c1-15(2,3)22(16(4,5)6,17(7,8)9)12(11-13(18)19)14(20)21-10/h11H,1-10H3,(H,18,19)/b12-11-. The molecule has 0 fully saturated rings. The Morgan fingerprint density at radius 2 is 1.18 bits per heavy atom. The predicted molar refractivity (Wildman–Crippen MR) is 92.6 cm³/mol. The number of carbonyl (C=O) groups is 2. The number of carboxylic acid groups (broad SMARTS) is 1. The number of ether oxygens (including phenoxy) is 1. The highest BCUT2D eigenvalue weighted by atomic mass is 28.3. The number of hydrogen-bond acceptors (Lipinski definition) is 3. The van der Waals surface area contributed by atoms with Crippen molar-refractivity contribution in [2.24, 2.45) is 0 Å². The summed E-state index contributed by atoms with van der Waals surface area (Å²) < 4.78 is 4.97. The molecule has 0 radical (unpaired) electrons. The van der Waals surface area contributed by atoms with Crippen LogP contribution in [0, 0.1) is 0 Å². The Kier molecular flexibility index (Phi) is 5.87. The van der Waals surface area contributed by atoms with Crippen LogP contribution < -0.4 is 0 Å². The van der Waals surface area contributed by atoms with Gasteiger partial charge in [-0.2, -0.15) is 0 Å². The smallest absolute Gasteiger partial charge is 0.329 e. The average molecular weight is 329 g/mol. The summed E-state index contributed by atoms with van der Waals surface area (Å²) in [6, 6.07) is 0. The third-order valence-corrected chi connectivity index (χ3v) is 12.4. The van der Waals surface area contributed by atoms with Gasteiger partial charge in [0.2, 0.25) is 0 Å². The molecular weight excluding hydrogens is 296 g/mol. The minimum atomic E-state index is -2.67. The van der Waals surface area contributed by atoms with Gasteiger partial charge in [0.05, 0.1) is 7.11 Å². The van der Waals surface area contributed by atoms with Crippen LogP contribution in [0.15, 0.2) is 11.3 Å². The van der Waals surface area contributed by atoms with Crippen molar-refractivity contribution >= 4 is 20.0 Å². The second-order valence-corrected chi connectivity index (χ2v) is 15.4. The van der Waals surface area contributed by atoms with Crippen molar-refractivity contribution in [3.8, 4) is 0 Å². The maximum atomic E-state index is 12.5. The van der Waals surface area contributed by atoms with Crippen LogP contribution in [0.2, 0.25) is 15.1 Å². The molecule has 0 heterocycles. The third kappa shape index (κ3) is 3.45. The van der Waals surface area contributed by atoms with Gasteiger partial charge in [0.25, 0.3) is 0 Å². The van der Waals surface area contributed by atoms with E-state index in [0.717, 1.165) is 6.08 Å². The molecule has 0 bridgehead atoms. The van der Waals surface area contributed by atoms with Gasteiger partial charge in [0, 0.05) is 11.3 Å². The Morgan fingerprint density at radius 1 is 0.864 bits per heavy atom. The molecule has 0 unspecified atom stereocenters. The van der Waals surface area contributed by atoms with Gasteiger partial charge in [-0.3, -0.25) is 0 Å². The molecule has 0 aliphatic heterocycles. The van der Waals surface area contributed by atoms with E-state index in [9.17, 15) is 14.7 Å². The number of rotatable bonds is 3. The van der Waals surface area contributed by atoms with Crippen molar-refractivity contribution < 1.29 is 19.4 Å². The number of carboxylic acids is 1. The summed E-state index contributed by atoms with van der Waals surface area (Å²) in [5.74, 6) is -1.62. The minimum absolute atomic E-state index is 0.223. The zero-order valence-electron chi connectivity index (χ0n) is 15.7. The van der Waals surface area contributed by atoms with Crippen LogP contribution in [0.25, 0.3) is 0 Å². The van der Waals surface area contributed by atoms with Crippen molar-refractivity contribution in [1.29, 1.82) is 0 Å². The highest BCUT2D eigenvalue weighted by Gasteiger charge is 2.63. The van der Waals surface area contributed by atoms with E-state index in [-0.39, 0.29) is 15.1 Å². The largest absolute Gasteiger partial charge is 0.478 e. The number of hydrogen-bond donors (Lipinski definition) is 1. The second kappa shape index (κ2) is 6.18. The molecule has 0 aromatic heterocycles. The van der Waals surface area contributed by atoms with Gasteiger partial charge in [-0.05, 0) is 15.1 Å². The lowest BCUT2D eigenvalue weighted by Gasteiger charge is -2.59. The van der Waals surface area contributed by atoms with E-state index < -0.39 is 20.0 Å². The zero-order chi connectivity index (χ0) is 18.1. The Balaban J connectivity index is 7.03. The van der Waals surface area contributed by atoms with Crippen molar-refractivity contribution in [3.05, 3.63) is 11.3 Å². The van der Waals surface area contributed by atoms with Crippen LogP contribution in [0.1, 0.15) is 62.3 Å². The normalized spacial score (nSPS) is 14.7. The first kappa shape index (κ1) is 20.9. The molecular formula is C17H32O4Si. The Bertz CT molecular complexity index is 434. The first-order valence-corrected chi connectivity index (χ1v) is 9.57. The lowest BCUT2D eigenvalue weighted by molar-refractivity contribution is -0.137. The van der Waals surface area contributed by atoms with Crippen LogP contribution in [-0.4, -0.2) is 32.2 Å². The van der Waals surface area contributed by atoms with Gasteiger partial charge in [0.15, 0.2) is 0 Å². The maximum absolute atomic E-state index is 12.5. The molecule has 0 aromatic rings. The van der Waals surface area contributed by atoms with Crippen LogP contribution in [0.3, 0.4) is 0 Å². The summed E-state index contributed by atoms with van der Waals surface area (Å²) in [4.78, 5) is 23.9. The van der Waals surface area contributed by atoms with Crippen LogP contribution in [-0.2, 0) is 14.3 Å². The van der Waals surface area contributed by atoms with E-state index in [2.05, 4.69) is 62.3 Å². The van der Waals surface area contributed by atoms with E-state index in [4.69, 9.17) is 4.74 Å². The molecule has 0 atom stereocenters. The number of aliphatic carboxylic acids is 1. The first-order chi connectivity index (χ1) is 9.54. The molecule has 0 aliphatic carbocycles. The summed E-state index contributed by atoms with van der Waals surface area (Å²) in [6.45, 7) is 18.9. The van der Waals surface area contributed by atoms with Crippen molar-refractivity contribution in [2.45, 2.75) is 77.4 Å². The number of methoxy groups -OCH3 is 1. The lowest BCUT2D eigenvalue weighted by Crippen LogP contribution is -2.61. The average Bonchev–Trinajstić information content (AvgIpc) is 2.20. The van der Waals surface area contributed by atoms with Gasteiger partial charge in [0.1, 0.15) is 8.07 Å². The molecule has 0 amide bonds. The van der Waals surface area contributed by atoms with E-state index in [1.54, 1.807) is 0 Å². The number of carbonyl (C=O) groups excluding carboxylic acids is 1. The molecule has 0 spiro atoms. The molecule has 0 saturated carbocycles. The molecule has 22 heavy (non-hydrogen) atoms. The van der Waals surface area contributed by atoms with Crippen molar-refractivity contribution in [2.75, 3.05) is 7.11 Å². The van der Waals surface area contributed by atoms with Crippen LogP contribution >= 0.6 is 0 Å². The fourth-order valence-corrected chi connectivity index (χ4v) is 15.1. The number of esters is 1. The molecule has 0 saturated heterocycles. The van der Waals surface area contributed by atoms with E-state index >= 15 is 0 Å². The first-order valence-electron chi connectivity index (χ1n) is 7.57. The Hall–Kier alpha value is -1.10. The zero-order valence-corrected chi connectivity index (χ0v) is 16.7. The van der Waals surface area contributed by atoms with Crippen LogP contribution in [0.4, 0.5) is 0 Å². The van der Waals surface area contributed by atoms with E-state index in [0.29, 0.717) is 5.20 Å². The summed E-state index contributed by atoms with van der Waals surface area (Å²) in [5.41, 5.74) is 0. The monoisotopic (exact) mass is 328 g/mol. The summed E-state index contributed by atoms with van der Waals surface area (Å²) in [5, 5.41) is 9.01. The Labute approximate surface area is 136 Å². The topological polar surface area (TPSA) is 63.6 Å². The highest BCUT2D eigenvalue weighted by molar-refractivity contribution is 6.96. The van der Waals surface area contributed by atoms with Gasteiger partial charge in [-0.15, -0.1) is 0 Å². The van der Waals surface area contributed by atoms with Gasteiger partial charge < -0.3 is 9.84 Å². The van der Waals surface area contributed by atoms with Gasteiger partial charge >= 0.3 is 11.9 Å². The molecule has 128 valence electrons. The fourth-order valence-electron chi connectivity index (χ4n) is 5.14. The summed E-state index contributed by atoms with van der Waals surface area (Å²) in [6.07, 6.45) is 1.08. The summed E-state index contributed by atoms with van der Waals surface area (Å²) >= 11 is 0. The van der Waals surface area contributed by atoms with Crippen molar-refractivity contribution in [3.63, 3.8) is 0 Å². The minimum Gasteiger partial charge on any atom is -0.478 e. The molecule has 0 aliphatic rings. The van der Waals surface area contributed by atoms with E-state index in [1.165, 1.54) is 7.11 Å². The van der Waals surface area contributed by atoms with Crippen LogP contribution in [0.5, 0.6) is 0 Å². The quantitative estimate of drug-likeness (QED) is 0.468. The fraction of sp³-hybridized carbons (Fsp3) is 0.765.